The SMILES string of the molecule is O=C(c1ccc(Oc2cccnc2)cc1)N1CCCC(c2nc3ccccc3[nH]2)C1. The summed E-state index contributed by atoms with van der Waals surface area (Å²) in [5.41, 5.74) is 2.68. The Kier molecular flexibility index (Phi) is 4.89. The van der Waals surface area contributed by atoms with Crippen LogP contribution in [-0.4, -0.2) is 38.8 Å². The Hall–Kier alpha value is -3.67. The van der Waals surface area contributed by atoms with Crippen LogP contribution in [0.2, 0.25) is 0 Å². The number of imidazole rings is 1. The van der Waals surface area contributed by atoms with E-state index in [1.807, 2.05) is 65.6 Å². The molecule has 1 saturated heterocycles. The number of nitrogens with zero attached hydrogens (tertiary/aromatic N) is 3. The van der Waals surface area contributed by atoms with Crippen LogP contribution in [0, 0.1) is 0 Å². The molecule has 3 heterocycles. The van der Waals surface area contributed by atoms with Crippen LogP contribution in [0.1, 0.15) is 34.9 Å². The molecule has 6 heteroatoms. The zero-order valence-electron chi connectivity index (χ0n) is 16.5. The highest BCUT2D eigenvalue weighted by Gasteiger charge is 2.27. The topological polar surface area (TPSA) is 71.1 Å². The van der Waals surface area contributed by atoms with Crippen molar-refractivity contribution in [1.29, 1.82) is 0 Å². The molecule has 1 fully saturated rings. The lowest BCUT2D eigenvalue weighted by molar-refractivity contribution is 0.0705. The standard InChI is InChI=1S/C24H22N4O2/c29-24(17-9-11-19(12-10-17)30-20-6-3-13-25-15-20)28-14-4-5-18(16-28)23-26-21-7-1-2-8-22(21)27-23/h1-3,6-13,15,18H,4-5,14,16H2,(H,26,27). The maximum Gasteiger partial charge on any atom is 0.253 e. The van der Waals surface area contributed by atoms with Crippen LogP contribution in [0.25, 0.3) is 11.0 Å². The van der Waals surface area contributed by atoms with E-state index in [1.54, 1.807) is 12.4 Å². The zero-order valence-corrected chi connectivity index (χ0v) is 16.5. The van der Waals surface area contributed by atoms with Crippen molar-refractivity contribution in [3.8, 4) is 11.5 Å². The number of rotatable bonds is 4. The van der Waals surface area contributed by atoms with Crippen LogP contribution in [0.5, 0.6) is 11.5 Å². The molecule has 2 aromatic carbocycles. The maximum absolute atomic E-state index is 13.1. The number of nitrogens with one attached hydrogen (secondary N) is 1. The normalized spacial score (nSPS) is 16.5. The van der Waals surface area contributed by atoms with E-state index in [0.717, 1.165) is 36.2 Å². The third-order valence-corrected chi connectivity index (χ3v) is 5.47. The molecule has 1 aliphatic heterocycles. The first-order valence-corrected chi connectivity index (χ1v) is 10.2. The smallest absolute Gasteiger partial charge is 0.253 e. The minimum absolute atomic E-state index is 0.0451. The van der Waals surface area contributed by atoms with Crippen LogP contribution >= 0.6 is 0 Å². The van der Waals surface area contributed by atoms with Crippen molar-refractivity contribution in [1.82, 2.24) is 19.9 Å². The van der Waals surface area contributed by atoms with Crippen LogP contribution in [0.3, 0.4) is 0 Å². The summed E-state index contributed by atoms with van der Waals surface area (Å²) in [6, 6.07) is 19.0. The second-order valence-electron chi connectivity index (χ2n) is 7.54. The van der Waals surface area contributed by atoms with Crippen molar-refractivity contribution in [2.24, 2.45) is 0 Å². The van der Waals surface area contributed by atoms with Crippen molar-refractivity contribution in [3.05, 3.63) is 84.4 Å². The lowest BCUT2D eigenvalue weighted by Gasteiger charge is -2.32. The van der Waals surface area contributed by atoms with Gasteiger partial charge in [-0.15, -0.1) is 0 Å². The van der Waals surface area contributed by atoms with Gasteiger partial charge in [-0.2, -0.15) is 0 Å². The molecule has 2 aromatic heterocycles. The van der Waals surface area contributed by atoms with E-state index in [2.05, 4.69) is 9.97 Å². The number of H-pyrrole nitrogens is 1. The number of aromatic amines is 1. The number of ether oxygens (including phenoxy) is 1. The quantitative estimate of drug-likeness (QED) is 0.537. The van der Waals surface area contributed by atoms with Gasteiger partial charge >= 0.3 is 0 Å². The molecule has 0 bridgehead atoms. The van der Waals surface area contributed by atoms with Crippen molar-refractivity contribution < 1.29 is 9.53 Å². The van der Waals surface area contributed by atoms with E-state index >= 15 is 0 Å². The first kappa shape index (κ1) is 18.4. The van der Waals surface area contributed by atoms with Gasteiger partial charge in [-0.1, -0.05) is 12.1 Å². The molecule has 0 spiro atoms. The number of hydrogen-bond acceptors (Lipinski definition) is 4. The second-order valence-corrected chi connectivity index (χ2v) is 7.54. The van der Waals surface area contributed by atoms with Crippen LogP contribution in [0.4, 0.5) is 0 Å². The van der Waals surface area contributed by atoms with Gasteiger partial charge in [0.05, 0.1) is 17.2 Å². The molecular weight excluding hydrogens is 376 g/mol. The summed E-state index contributed by atoms with van der Waals surface area (Å²) in [7, 11) is 0. The molecule has 1 amide bonds. The number of fused-ring (bicyclic) bond motifs is 1. The van der Waals surface area contributed by atoms with Gasteiger partial charge in [0.15, 0.2) is 0 Å². The Morgan fingerprint density at radius 1 is 1.03 bits per heavy atom. The molecule has 30 heavy (non-hydrogen) atoms. The molecule has 1 atom stereocenters. The Bertz CT molecular complexity index is 1120. The Balaban J connectivity index is 1.28. The number of carbonyl (C=O) groups is 1. The molecule has 1 aliphatic rings. The van der Waals surface area contributed by atoms with Crippen molar-refractivity contribution in [2.45, 2.75) is 18.8 Å². The average Bonchev–Trinajstić information content (AvgIpc) is 3.24. The molecule has 5 rings (SSSR count). The fraction of sp³-hybridized carbons (Fsp3) is 0.208. The molecule has 0 aliphatic carbocycles. The van der Waals surface area contributed by atoms with Crippen molar-refractivity contribution >= 4 is 16.9 Å². The average molecular weight is 398 g/mol. The highest BCUT2D eigenvalue weighted by atomic mass is 16.5. The first-order chi connectivity index (χ1) is 14.8. The molecular formula is C24H22N4O2. The summed E-state index contributed by atoms with van der Waals surface area (Å²) >= 11 is 0. The number of carbonyl (C=O) groups excluding carboxylic acids is 1. The largest absolute Gasteiger partial charge is 0.456 e. The van der Waals surface area contributed by atoms with Gasteiger partial charge in [0.25, 0.3) is 5.91 Å². The predicted octanol–water partition coefficient (Wildman–Crippen LogP) is 4.77. The van der Waals surface area contributed by atoms with Crippen LogP contribution in [-0.2, 0) is 0 Å². The minimum Gasteiger partial charge on any atom is -0.456 e. The molecule has 1 unspecified atom stereocenters. The molecule has 6 nitrogen and oxygen atoms in total. The summed E-state index contributed by atoms with van der Waals surface area (Å²) in [6.07, 6.45) is 5.36. The summed E-state index contributed by atoms with van der Waals surface area (Å²) in [4.78, 5) is 27.2. The Labute approximate surface area is 174 Å². The van der Waals surface area contributed by atoms with Gasteiger partial charge in [0.2, 0.25) is 0 Å². The van der Waals surface area contributed by atoms with Gasteiger partial charge < -0.3 is 14.6 Å². The van der Waals surface area contributed by atoms with Crippen LogP contribution in [0.15, 0.2) is 73.1 Å². The van der Waals surface area contributed by atoms with Gasteiger partial charge in [0.1, 0.15) is 17.3 Å². The highest BCUT2D eigenvalue weighted by Crippen LogP contribution is 2.28. The van der Waals surface area contributed by atoms with E-state index in [-0.39, 0.29) is 11.8 Å². The molecule has 0 saturated carbocycles. The third kappa shape index (κ3) is 3.76. The van der Waals surface area contributed by atoms with E-state index in [4.69, 9.17) is 9.72 Å². The number of para-hydroxylation sites is 2. The number of pyridine rings is 1. The van der Waals surface area contributed by atoms with E-state index < -0.39 is 0 Å². The second kappa shape index (κ2) is 7.99. The number of hydrogen-bond donors (Lipinski definition) is 1. The fourth-order valence-corrected chi connectivity index (χ4v) is 3.94. The lowest BCUT2D eigenvalue weighted by atomic mass is 9.96. The Morgan fingerprint density at radius 2 is 1.90 bits per heavy atom. The van der Waals surface area contributed by atoms with E-state index in [9.17, 15) is 4.79 Å². The zero-order chi connectivity index (χ0) is 20.3. The number of likely N-dealkylation sites (tertiary alicyclic amines) is 1. The summed E-state index contributed by atoms with van der Waals surface area (Å²) in [5.74, 6) is 2.58. The van der Waals surface area contributed by atoms with Crippen LogP contribution < -0.4 is 4.74 Å². The third-order valence-electron chi connectivity index (χ3n) is 5.47. The van der Waals surface area contributed by atoms with Gasteiger partial charge in [-0.25, -0.2) is 4.98 Å². The summed E-state index contributed by atoms with van der Waals surface area (Å²) in [6.45, 7) is 1.44. The van der Waals surface area contributed by atoms with Crippen molar-refractivity contribution in [2.75, 3.05) is 13.1 Å². The van der Waals surface area contributed by atoms with Gasteiger partial charge in [-0.05, 0) is 61.4 Å². The van der Waals surface area contributed by atoms with E-state index in [0.29, 0.717) is 23.6 Å². The molecule has 150 valence electrons. The minimum atomic E-state index is 0.0451. The van der Waals surface area contributed by atoms with Gasteiger partial charge in [0, 0.05) is 30.8 Å². The summed E-state index contributed by atoms with van der Waals surface area (Å²) in [5, 5.41) is 0. The number of amides is 1. The first-order valence-electron chi connectivity index (χ1n) is 10.2. The summed E-state index contributed by atoms with van der Waals surface area (Å²) < 4.78 is 5.76. The monoisotopic (exact) mass is 398 g/mol. The highest BCUT2D eigenvalue weighted by molar-refractivity contribution is 5.94. The molecule has 0 radical (unpaired) electrons. The number of aromatic nitrogens is 3. The van der Waals surface area contributed by atoms with Gasteiger partial charge in [-0.3, -0.25) is 9.78 Å². The molecule has 1 N–H and O–H groups in total. The van der Waals surface area contributed by atoms with E-state index in [1.165, 1.54) is 0 Å². The predicted molar refractivity (Wildman–Crippen MR) is 115 cm³/mol. The van der Waals surface area contributed by atoms with Crippen molar-refractivity contribution in [3.63, 3.8) is 0 Å². The number of benzene rings is 2. The molecule has 4 aromatic rings. The Morgan fingerprint density at radius 3 is 2.70 bits per heavy atom. The maximum atomic E-state index is 13.1. The number of piperidine rings is 1. The fourth-order valence-electron chi connectivity index (χ4n) is 3.94. The lowest BCUT2D eigenvalue weighted by Crippen LogP contribution is -2.39.